The summed E-state index contributed by atoms with van der Waals surface area (Å²) in [4.78, 5) is 25.3. The van der Waals surface area contributed by atoms with Crippen LogP contribution in [0.15, 0.2) is 53.9 Å². The van der Waals surface area contributed by atoms with Gasteiger partial charge in [-0.3, -0.25) is 4.79 Å². The van der Waals surface area contributed by atoms with E-state index >= 15 is 0 Å². The van der Waals surface area contributed by atoms with Crippen LogP contribution >= 0.6 is 11.3 Å². The van der Waals surface area contributed by atoms with Gasteiger partial charge in [0.2, 0.25) is 0 Å². The molecule has 0 radical (unpaired) electrons. The Morgan fingerprint density at radius 1 is 1.11 bits per heavy atom. The second kappa shape index (κ2) is 8.71. The number of hydrogen-bond donors (Lipinski definition) is 1. The van der Waals surface area contributed by atoms with Gasteiger partial charge in [0.05, 0.1) is 13.7 Å². The number of thiophene rings is 1. The molecular formula is C22H21NO4S. The molecule has 144 valence electrons. The number of carbonyl (C=O) groups is 2. The van der Waals surface area contributed by atoms with Gasteiger partial charge in [-0.1, -0.05) is 29.8 Å². The molecule has 0 spiro atoms. The van der Waals surface area contributed by atoms with Crippen molar-refractivity contribution in [2.75, 3.05) is 19.0 Å². The maximum Gasteiger partial charge on any atom is 0.341 e. The Kier molecular flexibility index (Phi) is 6.11. The summed E-state index contributed by atoms with van der Waals surface area (Å²) in [6.07, 6.45) is 0. The first kappa shape index (κ1) is 19.6. The van der Waals surface area contributed by atoms with Crippen molar-refractivity contribution in [3.8, 4) is 16.9 Å². The zero-order valence-electron chi connectivity index (χ0n) is 15.9. The van der Waals surface area contributed by atoms with E-state index in [1.807, 2.05) is 36.6 Å². The second-order valence-corrected chi connectivity index (χ2v) is 7.01. The molecular weight excluding hydrogens is 374 g/mol. The van der Waals surface area contributed by atoms with E-state index in [4.69, 9.17) is 9.47 Å². The molecule has 1 heterocycles. The number of methoxy groups -OCH3 is 1. The number of amides is 1. The Balaban J connectivity index is 1.95. The number of rotatable bonds is 6. The first-order chi connectivity index (χ1) is 13.5. The number of aryl methyl sites for hydroxylation is 1. The second-order valence-electron chi connectivity index (χ2n) is 6.13. The number of nitrogens with one attached hydrogen (secondary N) is 1. The molecule has 0 aliphatic heterocycles. The first-order valence-corrected chi connectivity index (χ1v) is 9.72. The van der Waals surface area contributed by atoms with Crippen molar-refractivity contribution in [1.29, 1.82) is 0 Å². The van der Waals surface area contributed by atoms with E-state index in [0.29, 0.717) is 21.9 Å². The van der Waals surface area contributed by atoms with Gasteiger partial charge in [-0.25, -0.2) is 4.79 Å². The van der Waals surface area contributed by atoms with Gasteiger partial charge in [-0.05, 0) is 43.7 Å². The van der Waals surface area contributed by atoms with Crippen molar-refractivity contribution in [2.24, 2.45) is 0 Å². The SMILES string of the molecule is CCOC(=O)c1c(-c2cccc(C)c2)csc1NC(=O)c1ccc(OC)cc1. The van der Waals surface area contributed by atoms with E-state index in [9.17, 15) is 9.59 Å². The molecule has 0 saturated carbocycles. The molecule has 0 saturated heterocycles. The lowest BCUT2D eigenvalue weighted by atomic mass is 10.0. The minimum Gasteiger partial charge on any atom is -0.497 e. The molecule has 0 aliphatic rings. The van der Waals surface area contributed by atoms with Crippen molar-refractivity contribution >= 4 is 28.2 Å². The Morgan fingerprint density at radius 2 is 1.86 bits per heavy atom. The highest BCUT2D eigenvalue weighted by Gasteiger charge is 2.23. The summed E-state index contributed by atoms with van der Waals surface area (Å²) >= 11 is 1.30. The predicted octanol–water partition coefficient (Wildman–Crippen LogP) is 5.16. The van der Waals surface area contributed by atoms with Gasteiger partial charge < -0.3 is 14.8 Å². The van der Waals surface area contributed by atoms with Crippen LogP contribution in [-0.2, 0) is 4.74 Å². The molecule has 28 heavy (non-hydrogen) atoms. The summed E-state index contributed by atoms with van der Waals surface area (Å²) < 4.78 is 10.4. The lowest BCUT2D eigenvalue weighted by Crippen LogP contribution is -2.14. The van der Waals surface area contributed by atoms with Crippen molar-refractivity contribution in [3.63, 3.8) is 0 Å². The summed E-state index contributed by atoms with van der Waals surface area (Å²) in [6.45, 7) is 4.01. The van der Waals surface area contributed by atoms with Crippen LogP contribution in [0.3, 0.4) is 0 Å². The molecule has 3 rings (SSSR count). The van der Waals surface area contributed by atoms with E-state index < -0.39 is 5.97 Å². The molecule has 0 unspecified atom stereocenters. The quantitative estimate of drug-likeness (QED) is 0.586. The third-order valence-corrected chi connectivity index (χ3v) is 5.07. The van der Waals surface area contributed by atoms with Gasteiger partial charge in [0.25, 0.3) is 5.91 Å². The standard InChI is InChI=1S/C22H21NO4S/c1-4-27-22(25)19-18(16-7-5-6-14(2)12-16)13-28-21(19)23-20(24)15-8-10-17(26-3)11-9-15/h5-13H,4H2,1-3H3,(H,23,24). The Labute approximate surface area is 167 Å². The van der Waals surface area contributed by atoms with Gasteiger partial charge >= 0.3 is 5.97 Å². The molecule has 1 N–H and O–H groups in total. The van der Waals surface area contributed by atoms with Crippen molar-refractivity contribution in [1.82, 2.24) is 0 Å². The molecule has 6 heteroatoms. The highest BCUT2D eigenvalue weighted by molar-refractivity contribution is 7.15. The summed E-state index contributed by atoms with van der Waals surface area (Å²) in [5.74, 6) is -0.0854. The first-order valence-electron chi connectivity index (χ1n) is 8.84. The number of ether oxygens (including phenoxy) is 2. The van der Waals surface area contributed by atoms with Crippen LogP contribution in [0.5, 0.6) is 5.75 Å². The maximum absolute atomic E-state index is 12.6. The maximum atomic E-state index is 12.6. The molecule has 5 nitrogen and oxygen atoms in total. The normalized spacial score (nSPS) is 10.4. The number of anilines is 1. The number of hydrogen-bond acceptors (Lipinski definition) is 5. The lowest BCUT2D eigenvalue weighted by Gasteiger charge is -2.09. The highest BCUT2D eigenvalue weighted by atomic mass is 32.1. The average molecular weight is 395 g/mol. The molecule has 1 amide bonds. The van der Waals surface area contributed by atoms with Crippen LogP contribution in [0.25, 0.3) is 11.1 Å². The highest BCUT2D eigenvalue weighted by Crippen LogP contribution is 2.36. The van der Waals surface area contributed by atoms with E-state index in [1.165, 1.54) is 11.3 Å². The van der Waals surface area contributed by atoms with Crippen LogP contribution in [0.2, 0.25) is 0 Å². The largest absolute Gasteiger partial charge is 0.497 e. The smallest absolute Gasteiger partial charge is 0.341 e. The minimum absolute atomic E-state index is 0.258. The van der Waals surface area contributed by atoms with Gasteiger partial charge in [0, 0.05) is 16.5 Å². The monoisotopic (exact) mass is 395 g/mol. The van der Waals surface area contributed by atoms with Crippen molar-refractivity contribution in [3.05, 3.63) is 70.6 Å². The van der Waals surface area contributed by atoms with Crippen molar-refractivity contribution < 1.29 is 19.1 Å². The van der Waals surface area contributed by atoms with E-state index in [2.05, 4.69) is 5.32 Å². The van der Waals surface area contributed by atoms with E-state index in [-0.39, 0.29) is 12.5 Å². The molecule has 2 aromatic carbocycles. The van der Waals surface area contributed by atoms with E-state index in [0.717, 1.165) is 16.7 Å². The third kappa shape index (κ3) is 4.23. The number of benzene rings is 2. The Bertz CT molecular complexity index is 992. The van der Waals surface area contributed by atoms with Crippen LogP contribution < -0.4 is 10.1 Å². The summed E-state index contributed by atoms with van der Waals surface area (Å²) in [5, 5.41) is 5.18. The van der Waals surface area contributed by atoms with Gasteiger partial charge in [-0.2, -0.15) is 0 Å². The minimum atomic E-state index is -0.453. The van der Waals surface area contributed by atoms with Crippen molar-refractivity contribution in [2.45, 2.75) is 13.8 Å². The molecule has 0 fully saturated rings. The van der Waals surface area contributed by atoms with Gasteiger partial charge in [-0.15, -0.1) is 11.3 Å². The van der Waals surface area contributed by atoms with Crippen LogP contribution in [-0.4, -0.2) is 25.6 Å². The molecule has 0 atom stereocenters. The zero-order valence-corrected chi connectivity index (χ0v) is 16.8. The fraction of sp³-hybridized carbons (Fsp3) is 0.182. The molecule has 0 bridgehead atoms. The number of esters is 1. The lowest BCUT2D eigenvalue weighted by molar-refractivity contribution is 0.0529. The molecule has 0 aliphatic carbocycles. The van der Waals surface area contributed by atoms with Gasteiger partial charge in [0.1, 0.15) is 16.3 Å². The summed E-state index contributed by atoms with van der Waals surface area (Å²) in [5.41, 5.74) is 3.59. The van der Waals surface area contributed by atoms with Gasteiger partial charge in [0.15, 0.2) is 0 Å². The average Bonchev–Trinajstić information content (AvgIpc) is 3.12. The van der Waals surface area contributed by atoms with E-state index in [1.54, 1.807) is 38.3 Å². The number of carbonyl (C=O) groups excluding carboxylic acids is 2. The summed E-state index contributed by atoms with van der Waals surface area (Å²) in [6, 6.07) is 14.6. The Morgan fingerprint density at radius 3 is 2.50 bits per heavy atom. The van der Waals surface area contributed by atoms with Crippen LogP contribution in [0.1, 0.15) is 33.2 Å². The fourth-order valence-corrected chi connectivity index (χ4v) is 3.75. The fourth-order valence-electron chi connectivity index (χ4n) is 2.80. The third-order valence-electron chi connectivity index (χ3n) is 4.18. The predicted molar refractivity (Wildman–Crippen MR) is 111 cm³/mol. The van der Waals surface area contributed by atoms with Crippen LogP contribution in [0, 0.1) is 6.92 Å². The van der Waals surface area contributed by atoms with Crippen LogP contribution in [0.4, 0.5) is 5.00 Å². The Hall–Kier alpha value is -3.12. The zero-order chi connectivity index (χ0) is 20.1. The molecule has 3 aromatic rings. The summed E-state index contributed by atoms with van der Waals surface area (Å²) in [7, 11) is 1.57. The molecule has 1 aromatic heterocycles. The topological polar surface area (TPSA) is 64.6 Å².